The fourth-order valence-electron chi connectivity index (χ4n) is 1.24. The van der Waals surface area contributed by atoms with Gasteiger partial charge in [0.1, 0.15) is 0 Å². The highest BCUT2D eigenvalue weighted by molar-refractivity contribution is 6.12. The molecule has 0 aromatic heterocycles. The van der Waals surface area contributed by atoms with Gasteiger partial charge in [0.2, 0.25) is 5.84 Å². The van der Waals surface area contributed by atoms with Crippen molar-refractivity contribution in [2.24, 2.45) is 10.3 Å². The monoisotopic (exact) mass is 189 g/mol. The van der Waals surface area contributed by atoms with Crippen LogP contribution < -0.4 is 5.01 Å². The van der Waals surface area contributed by atoms with Crippen LogP contribution in [0, 0.1) is 4.91 Å². The number of hydrogen-bond acceptors (Lipinski definition) is 4. The van der Waals surface area contributed by atoms with Crippen LogP contribution in [0.5, 0.6) is 0 Å². The smallest absolute Gasteiger partial charge is 0.255 e. The van der Waals surface area contributed by atoms with Crippen LogP contribution in [0.4, 0.5) is 5.69 Å². The minimum absolute atomic E-state index is 0.0155. The molecule has 0 unspecified atom stereocenters. The Hall–Kier alpha value is -2.04. The van der Waals surface area contributed by atoms with E-state index in [4.69, 9.17) is 0 Å². The number of rotatable bonds is 1. The van der Waals surface area contributed by atoms with Gasteiger partial charge in [-0.1, -0.05) is 18.2 Å². The van der Waals surface area contributed by atoms with Crippen LogP contribution >= 0.6 is 0 Å². The van der Waals surface area contributed by atoms with Gasteiger partial charge in [-0.2, -0.15) is 5.01 Å². The molecule has 1 aliphatic rings. The third-order valence-corrected chi connectivity index (χ3v) is 1.87. The van der Waals surface area contributed by atoms with Crippen molar-refractivity contribution in [3.8, 4) is 0 Å². The number of benzene rings is 1. The molecule has 14 heavy (non-hydrogen) atoms. The predicted octanol–water partition coefficient (Wildman–Crippen LogP) is 1.50. The third-order valence-electron chi connectivity index (χ3n) is 1.87. The lowest BCUT2D eigenvalue weighted by Gasteiger charge is -2.09. The number of nitroso groups, excluding NO2 is 1. The molecule has 0 aliphatic carbocycles. The Morgan fingerprint density at radius 1 is 1.29 bits per heavy atom. The molecule has 5 heteroatoms. The summed E-state index contributed by atoms with van der Waals surface area (Å²) in [5.74, 6) is -0.204. The van der Waals surface area contributed by atoms with Crippen molar-refractivity contribution in [2.75, 3.05) is 5.01 Å². The second-order valence-corrected chi connectivity index (χ2v) is 2.83. The minimum atomic E-state index is -0.231. The maximum absolute atomic E-state index is 11.4. The van der Waals surface area contributed by atoms with Gasteiger partial charge >= 0.3 is 0 Å². The van der Waals surface area contributed by atoms with Crippen LogP contribution in [0.2, 0.25) is 0 Å². The number of carbonyl (C=O) groups is 1. The Labute approximate surface area is 80.0 Å². The molecule has 1 aliphatic heterocycles. The number of amidine groups is 1. The Kier molecular flexibility index (Phi) is 2.06. The first-order chi connectivity index (χ1) is 6.81. The highest BCUT2D eigenvalue weighted by Gasteiger charge is 2.25. The summed E-state index contributed by atoms with van der Waals surface area (Å²) in [4.78, 5) is 21.5. The fourth-order valence-corrected chi connectivity index (χ4v) is 1.24. The Balaban J connectivity index is 2.32. The summed E-state index contributed by atoms with van der Waals surface area (Å²) in [5, 5.41) is 7.62. The average Bonchev–Trinajstić information content (AvgIpc) is 2.61. The lowest BCUT2D eigenvalue weighted by molar-refractivity contribution is -0.116. The van der Waals surface area contributed by atoms with Gasteiger partial charge < -0.3 is 0 Å². The Bertz CT molecular complexity index is 400. The topological polar surface area (TPSA) is 62.1 Å². The molecule has 1 heterocycles. The largest absolute Gasteiger partial charge is 0.272 e. The van der Waals surface area contributed by atoms with Gasteiger partial charge in [-0.25, -0.2) is 0 Å². The van der Waals surface area contributed by atoms with E-state index in [0.29, 0.717) is 5.69 Å². The molecule has 1 aromatic rings. The number of anilines is 1. The van der Waals surface area contributed by atoms with E-state index in [1.54, 1.807) is 24.3 Å². The van der Waals surface area contributed by atoms with Gasteiger partial charge in [0, 0.05) is 0 Å². The predicted molar refractivity (Wildman–Crippen MR) is 51.8 cm³/mol. The van der Waals surface area contributed by atoms with Gasteiger partial charge in [-0.15, -0.1) is 10.0 Å². The van der Waals surface area contributed by atoms with Crippen molar-refractivity contribution < 1.29 is 4.79 Å². The molecule has 0 atom stereocenters. The molecular formula is C9H7N3O2. The highest BCUT2D eigenvalue weighted by Crippen LogP contribution is 2.19. The molecule has 0 N–H and O–H groups in total. The molecular weight excluding hydrogens is 182 g/mol. The van der Waals surface area contributed by atoms with Crippen LogP contribution in [0.1, 0.15) is 6.42 Å². The molecule has 0 spiro atoms. The van der Waals surface area contributed by atoms with Crippen LogP contribution in [-0.4, -0.2) is 11.7 Å². The fraction of sp³-hybridized carbons (Fsp3) is 0.111. The zero-order valence-electron chi connectivity index (χ0n) is 7.25. The first kappa shape index (κ1) is 8.55. The van der Waals surface area contributed by atoms with Gasteiger partial charge in [-0.3, -0.25) is 4.79 Å². The zero-order valence-corrected chi connectivity index (χ0v) is 7.25. The summed E-state index contributed by atoms with van der Waals surface area (Å²) >= 11 is 0. The molecule has 0 saturated carbocycles. The molecule has 5 nitrogen and oxygen atoms in total. The summed E-state index contributed by atoms with van der Waals surface area (Å²) in [6.45, 7) is 0. The van der Waals surface area contributed by atoms with Crippen LogP contribution in [0.25, 0.3) is 0 Å². The summed E-state index contributed by atoms with van der Waals surface area (Å²) in [6, 6.07) is 8.92. The van der Waals surface area contributed by atoms with Crippen molar-refractivity contribution in [1.29, 1.82) is 0 Å². The lowest BCUT2D eigenvalue weighted by Crippen LogP contribution is -2.19. The zero-order chi connectivity index (χ0) is 9.97. The maximum atomic E-state index is 11.4. The molecule has 2 rings (SSSR count). The van der Waals surface area contributed by atoms with Crippen molar-refractivity contribution in [3.63, 3.8) is 0 Å². The van der Waals surface area contributed by atoms with Crippen LogP contribution in [0.15, 0.2) is 40.6 Å². The van der Waals surface area contributed by atoms with E-state index in [2.05, 4.69) is 10.3 Å². The minimum Gasteiger partial charge on any atom is -0.272 e. The number of amides is 1. The van der Waals surface area contributed by atoms with Crippen molar-refractivity contribution in [2.45, 2.75) is 6.42 Å². The Morgan fingerprint density at radius 2 is 2.00 bits per heavy atom. The molecule has 1 amide bonds. The van der Waals surface area contributed by atoms with Crippen molar-refractivity contribution in [3.05, 3.63) is 35.2 Å². The van der Waals surface area contributed by atoms with E-state index >= 15 is 0 Å². The van der Waals surface area contributed by atoms with E-state index < -0.39 is 0 Å². The summed E-state index contributed by atoms with van der Waals surface area (Å²) in [7, 11) is 0. The van der Waals surface area contributed by atoms with Gasteiger partial charge in [0.15, 0.2) is 0 Å². The van der Waals surface area contributed by atoms with Gasteiger partial charge in [0.05, 0.1) is 12.1 Å². The quantitative estimate of drug-likeness (QED) is 0.628. The van der Waals surface area contributed by atoms with Crippen molar-refractivity contribution >= 4 is 17.4 Å². The first-order valence-electron chi connectivity index (χ1n) is 4.10. The average molecular weight is 189 g/mol. The maximum Gasteiger partial charge on any atom is 0.255 e. The summed E-state index contributed by atoms with van der Waals surface area (Å²) in [6.07, 6.45) is -0.0155. The first-order valence-corrected chi connectivity index (χ1v) is 4.10. The summed E-state index contributed by atoms with van der Waals surface area (Å²) in [5.41, 5.74) is 0.649. The molecule has 0 bridgehead atoms. The van der Waals surface area contributed by atoms with Crippen LogP contribution in [0.3, 0.4) is 0 Å². The number of hydrazone groups is 1. The Morgan fingerprint density at radius 3 is 2.57 bits per heavy atom. The number of nitrogens with zero attached hydrogens (tertiary/aromatic N) is 3. The van der Waals surface area contributed by atoms with E-state index in [9.17, 15) is 9.70 Å². The summed E-state index contributed by atoms with van der Waals surface area (Å²) < 4.78 is 0. The third kappa shape index (κ3) is 1.39. The standard InChI is InChI=1S/C9H7N3O2/c13-9-6-8(11-14)10-12(9)7-4-2-1-3-5-7/h1-5H,6H2. The molecule has 70 valence electrons. The molecule has 1 aromatic carbocycles. The second kappa shape index (κ2) is 3.37. The van der Waals surface area contributed by atoms with E-state index in [0.717, 1.165) is 0 Å². The normalized spacial score (nSPS) is 15.6. The molecule has 0 fully saturated rings. The van der Waals surface area contributed by atoms with Gasteiger partial charge in [-0.05, 0) is 17.3 Å². The van der Waals surface area contributed by atoms with Crippen LogP contribution in [-0.2, 0) is 4.79 Å². The number of para-hydroxylation sites is 1. The van der Waals surface area contributed by atoms with Gasteiger partial charge in [0.25, 0.3) is 5.91 Å². The molecule has 0 saturated heterocycles. The molecule has 0 radical (unpaired) electrons. The van der Waals surface area contributed by atoms with E-state index in [1.807, 2.05) is 6.07 Å². The number of carbonyl (C=O) groups excluding carboxylic acids is 1. The SMILES string of the molecule is O=NC1=NN(c2ccccc2)C(=O)C1. The highest BCUT2D eigenvalue weighted by atomic mass is 16.3. The second-order valence-electron chi connectivity index (χ2n) is 2.83. The van der Waals surface area contributed by atoms with Crippen molar-refractivity contribution in [1.82, 2.24) is 0 Å². The van der Waals surface area contributed by atoms with E-state index in [-0.39, 0.29) is 18.2 Å². The van der Waals surface area contributed by atoms with E-state index in [1.165, 1.54) is 5.01 Å². The number of hydrogen-bond donors (Lipinski definition) is 0. The lowest BCUT2D eigenvalue weighted by atomic mass is 10.3.